The summed E-state index contributed by atoms with van der Waals surface area (Å²) in [4.78, 5) is 0. The normalized spacial score (nSPS) is 17.4. The largest absolute Gasteiger partial charge is 0.416 e. The zero-order valence-electron chi connectivity index (χ0n) is 30.7. The minimum absolute atomic E-state index is 0.0372. The summed E-state index contributed by atoms with van der Waals surface area (Å²) in [6.07, 6.45) is -5.22. The van der Waals surface area contributed by atoms with Crippen LogP contribution < -0.4 is 0 Å². The van der Waals surface area contributed by atoms with E-state index in [4.69, 9.17) is 0 Å². The summed E-state index contributed by atoms with van der Waals surface area (Å²) in [5.74, 6) is -0.630. The molecule has 0 saturated carbocycles. The Kier molecular flexibility index (Phi) is 8.91. The van der Waals surface area contributed by atoms with Crippen LogP contribution in [0.4, 0.5) is 26.3 Å². The summed E-state index contributed by atoms with van der Waals surface area (Å²) in [5.41, 5.74) is 7.79. The van der Waals surface area contributed by atoms with Gasteiger partial charge in [0, 0.05) is 11.8 Å². The molecule has 0 fully saturated rings. The number of halogens is 6. The molecule has 0 bridgehead atoms. The van der Waals surface area contributed by atoms with Gasteiger partial charge in [-0.25, -0.2) is 0 Å². The van der Waals surface area contributed by atoms with E-state index in [1.165, 1.54) is 16.7 Å². The van der Waals surface area contributed by atoms with Crippen molar-refractivity contribution in [1.82, 2.24) is 0 Å². The first-order valence-electron chi connectivity index (χ1n) is 17.9. The van der Waals surface area contributed by atoms with E-state index in [1.807, 2.05) is 54.6 Å². The van der Waals surface area contributed by atoms with Crippen LogP contribution in [0, 0.1) is 0 Å². The second-order valence-corrected chi connectivity index (χ2v) is 16.4. The van der Waals surface area contributed by atoms with E-state index >= 15 is 0 Å². The lowest BCUT2D eigenvalue weighted by Crippen LogP contribution is -2.17. The van der Waals surface area contributed by atoms with E-state index in [0.717, 1.165) is 57.5 Å². The van der Waals surface area contributed by atoms with Crippen LogP contribution in [0.2, 0.25) is 0 Å². The molecule has 53 heavy (non-hydrogen) atoms. The molecule has 0 N–H and O–H groups in total. The molecule has 0 saturated heterocycles. The number of benzene rings is 5. The van der Waals surface area contributed by atoms with Crippen molar-refractivity contribution in [3.8, 4) is 0 Å². The highest BCUT2D eigenvalue weighted by molar-refractivity contribution is 5.98. The predicted octanol–water partition coefficient (Wildman–Crippen LogP) is 13.9. The van der Waals surface area contributed by atoms with Gasteiger partial charge in [0.15, 0.2) is 0 Å². The minimum atomic E-state index is -4.96. The van der Waals surface area contributed by atoms with Gasteiger partial charge in [-0.3, -0.25) is 0 Å². The first-order chi connectivity index (χ1) is 24.8. The van der Waals surface area contributed by atoms with Crippen molar-refractivity contribution >= 4 is 23.3 Å². The molecule has 2 aliphatic rings. The van der Waals surface area contributed by atoms with Crippen LogP contribution >= 0.6 is 0 Å². The average Bonchev–Trinajstić information content (AvgIpc) is 3.66. The second-order valence-electron chi connectivity index (χ2n) is 16.4. The van der Waals surface area contributed by atoms with Crippen molar-refractivity contribution in [2.75, 3.05) is 0 Å². The molecule has 0 aromatic heterocycles. The highest BCUT2D eigenvalue weighted by Crippen LogP contribution is 2.53. The molecule has 5 aromatic rings. The van der Waals surface area contributed by atoms with Crippen molar-refractivity contribution in [2.45, 2.75) is 83.0 Å². The van der Waals surface area contributed by atoms with Gasteiger partial charge < -0.3 is 0 Å². The van der Waals surface area contributed by atoms with Gasteiger partial charge in [0.25, 0.3) is 0 Å². The lowest BCUT2D eigenvalue weighted by molar-refractivity contribution is -0.143. The highest BCUT2D eigenvalue weighted by Gasteiger charge is 2.40. The van der Waals surface area contributed by atoms with Crippen LogP contribution in [0.5, 0.6) is 0 Å². The lowest BCUT2D eigenvalue weighted by atomic mass is 9.77. The fourth-order valence-electron chi connectivity index (χ4n) is 7.79. The molecule has 7 rings (SSSR count). The fourth-order valence-corrected chi connectivity index (χ4v) is 7.79. The van der Waals surface area contributed by atoms with Crippen molar-refractivity contribution in [3.05, 3.63) is 176 Å². The SMILES string of the molecule is CC(C)(C)c1cc(C2=Cc3c(cccc3C3C(c4cc(C(F)(F)F)cc(C(F)(F)F)c4)=Cc4ccccc43)C2Cc2ccccc2)cc(C(C)(C)C)c1. The molecule has 0 aliphatic heterocycles. The maximum Gasteiger partial charge on any atom is 0.416 e. The van der Waals surface area contributed by atoms with Crippen molar-refractivity contribution in [3.63, 3.8) is 0 Å². The number of hydrogen-bond acceptors (Lipinski definition) is 0. The van der Waals surface area contributed by atoms with Gasteiger partial charge in [-0.1, -0.05) is 133 Å². The third-order valence-electron chi connectivity index (χ3n) is 10.7. The molecule has 2 atom stereocenters. The number of rotatable bonds is 5. The third kappa shape index (κ3) is 7.13. The summed E-state index contributed by atoms with van der Waals surface area (Å²) >= 11 is 0. The molecule has 0 amide bonds. The Hall–Kier alpha value is -4.84. The van der Waals surface area contributed by atoms with Crippen molar-refractivity contribution in [2.24, 2.45) is 0 Å². The average molecular weight is 721 g/mol. The number of hydrogen-bond donors (Lipinski definition) is 0. The Bertz CT molecular complexity index is 2190. The minimum Gasteiger partial charge on any atom is -0.166 e. The van der Waals surface area contributed by atoms with Gasteiger partial charge in [0.1, 0.15) is 0 Å². The standard InChI is InChI=1S/C47H42F6/c1-44(2,3)32-20-30(21-33(25-32)45(4,5)6)39-27-42-37(41(39)19-28-13-8-7-9-14-28)17-12-18-38(42)43-36-16-11-10-15-29(36)24-40(43)31-22-34(46(48,49)50)26-35(23-31)47(51,52)53/h7-18,20-27,41,43H,19H2,1-6H3. The molecule has 272 valence electrons. The Balaban J connectivity index is 1.46. The first kappa shape index (κ1) is 36.5. The van der Waals surface area contributed by atoms with E-state index in [1.54, 1.807) is 6.08 Å². The molecule has 2 unspecified atom stereocenters. The van der Waals surface area contributed by atoms with E-state index in [9.17, 15) is 26.3 Å². The Labute approximate surface area is 307 Å². The molecular formula is C47H42F6. The van der Waals surface area contributed by atoms with E-state index in [0.29, 0.717) is 5.57 Å². The topological polar surface area (TPSA) is 0 Å². The quantitative estimate of drug-likeness (QED) is 0.159. The van der Waals surface area contributed by atoms with Crippen LogP contribution in [0.1, 0.15) is 120 Å². The van der Waals surface area contributed by atoms with Crippen molar-refractivity contribution in [1.29, 1.82) is 0 Å². The molecule has 0 heterocycles. The molecule has 2 aliphatic carbocycles. The molecular weight excluding hydrogens is 679 g/mol. The van der Waals surface area contributed by atoms with Gasteiger partial charge in [0.2, 0.25) is 0 Å². The van der Waals surface area contributed by atoms with Gasteiger partial charge in [-0.05, 0) is 114 Å². The summed E-state index contributed by atoms with van der Waals surface area (Å²) < 4.78 is 84.7. The van der Waals surface area contributed by atoms with Crippen LogP contribution in [0.15, 0.2) is 109 Å². The third-order valence-corrected chi connectivity index (χ3v) is 10.7. The lowest BCUT2D eigenvalue weighted by Gasteiger charge is -2.27. The molecule has 0 radical (unpaired) electrons. The smallest absolute Gasteiger partial charge is 0.166 e. The van der Waals surface area contributed by atoms with Crippen LogP contribution in [0.25, 0.3) is 23.3 Å². The van der Waals surface area contributed by atoms with Gasteiger partial charge in [-0.2, -0.15) is 26.3 Å². The highest BCUT2D eigenvalue weighted by atomic mass is 19.4. The first-order valence-corrected chi connectivity index (χ1v) is 17.9. The van der Waals surface area contributed by atoms with E-state index in [-0.39, 0.29) is 28.4 Å². The number of alkyl halides is 6. The van der Waals surface area contributed by atoms with E-state index in [2.05, 4.69) is 84.0 Å². The van der Waals surface area contributed by atoms with Crippen molar-refractivity contribution < 1.29 is 26.3 Å². The van der Waals surface area contributed by atoms with Crippen LogP contribution in [0.3, 0.4) is 0 Å². The second kappa shape index (κ2) is 12.9. The molecule has 0 nitrogen and oxygen atoms in total. The molecule has 5 aromatic carbocycles. The predicted molar refractivity (Wildman–Crippen MR) is 204 cm³/mol. The van der Waals surface area contributed by atoms with Gasteiger partial charge in [-0.15, -0.1) is 0 Å². The fraction of sp³-hybridized carbons (Fsp3) is 0.277. The monoisotopic (exact) mass is 720 g/mol. The zero-order chi connectivity index (χ0) is 38.1. The number of fused-ring (bicyclic) bond motifs is 2. The Morgan fingerprint density at radius 3 is 1.55 bits per heavy atom. The number of allylic oxidation sites excluding steroid dienone is 2. The van der Waals surface area contributed by atoms with Gasteiger partial charge in [0.05, 0.1) is 11.1 Å². The van der Waals surface area contributed by atoms with Gasteiger partial charge >= 0.3 is 12.4 Å². The van der Waals surface area contributed by atoms with Crippen LogP contribution in [-0.4, -0.2) is 0 Å². The van der Waals surface area contributed by atoms with E-state index < -0.39 is 29.4 Å². The van der Waals surface area contributed by atoms with Crippen LogP contribution in [-0.2, 0) is 29.6 Å². The zero-order valence-corrected chi connectivity index (χ0v) is 30.7. The Morgan fingerprint density at radius 1 is 0.472 bits per heavy atom. The maximum atomic E-state index is 14.1. The molecule has 0 spiro atoms. The maximum absolute atomic E-state index is 14.1. The molecule has 6 heteroatoms. The summed E-state index contributed by atoms with van der Waals surface area (Å²) in [7, 11) is 0. The summed E-state index contributed by atoms with van der Waals surface area (Å²) in [6.45, 7) is 13.2. The Morgan fingerprint density at radius 2 is 0.962 bits per heavy atom. The summed E-state index contributed by atoms with van der Waals surface area (Å²) in [6, 6.07) is 32.6. The summed E-state index contributed by atoms with van der Waals surface area (Å²) in [5, 5.41) is 0.